The van der Waals surface area contributed by atoms with E-state index in [9.17, 15) is 22.8 Å². The van der Waals surface area contributed by atoms with E-state index in [1.807, 2.05) is 0 Å². The maximum absolute atomic E-state index is 13.2. The van der Waals surface area contributed by atoms with Gasteiger partial charge in [0.05, 0.1) is 29.1 Å². The molecule has 158 valence electrons. The zero-order chi connectivity index (χ0) is 21.2. The van der Waals surface area contributed by atoms with Gasteiger partial charge in [-0.2, -0.15) is 13.2 Å². The normalized spacial score (nSPS) is 18.0. The van der Waals surface area contributed by atoms with Gasteiger partial charge in [0.2, 0.25) is 5.91 Å². The highest BCUT2D eigenvalue weighted by molar-refractivity contribution is 8.00. The second-order valence-electron chi connectivity index (χ2n) is 6.49. The standard InChI is InChI=1S/C17H18ClF3N4O3S/c1-9(14(26)22-13-5-4-10(18)7-12(13)17(19,20)21)29-16-24-23-15(27)25(16)8-11-3-2-6-28-11/h4-5,7,9,11H,2-3,6,8H2,1H3,(H,22,26)(H,23,27). The van der Waals surface area contributed by atoms with Gasteiger partial charge in [0.25, 0.3) is 0 Å². The molecule has 0 aliphatic carbocycles. The van der Waals surface area contributed by atoms with Crippen LogP contribution in [0.25, 0.3) is 0 Å². The average Bonchev–Trinajstić information content (AvgIpc) is 3.27. The second-order valence-corrected chi connectivity index (χ2v) is 8.24. The molecule has 1 amide bonds. The summed E-state index contributed by atoms with van der Waals surface area (Å²) in [6.07, 6.45) is -3.07. The van der Waals surface area contributed by atoms with E-state index < -0.39 is 34.3 Å². The number of alkyl halides is 3. The van der Waals surface area contributed by atoms with E-state index in [0.29, 0.717) is 13.2 Å². The molecule has 1 aliphatic rings. The van der Waals surface area contributed by atoms with E-state index in [2.05, 4.69) is 15.5 Å². The lowest BCUT2D eigenvalue weighted by Gasteiger charge is -2.17. The third-order valence-corrected chi connectivity index (χ3v) is 5.65. The molecule has 1 aliphatic heterocycles. The van der Waals surface area contributed by atoms with Crippen LogP contribution in [0.5, 0.6) is 0 Å². The van der Waals surface area contributed by atoms with Gasteiger partial charge in [-0.05, 0) is 38.0 Å². The Morgan fingerprint density at radius 2 is 2.28 bits per heavy atom. The molecule has 2 unspecified atom stereocenters. The number of aromatic nitrogens is 3. The van der Waals surface area contributed by atoms with E-state index in [1.54, 1.807) is 0 Å². The van der Waals surface area contributed by atoms with Crippen LogP contribution >= 0.6 is 23.4 Å². The van der Waals surface area contributed by atoms with Gasteiger partial charge in [0, 0.05) is 11.6 Å². The van der Waals surface area contributed by atoms with Gasteiger partial charge in [0.1, 0.15) is 0 Å². The number of carbonyl (C=O) groups is 1. The number of halogens is 4. The Kier molecular flexibility index (Phi) is 6.59. The number of carbonyl (C=O) groups excluding carboxylic acids is 1. The Labute approximate surface area is 173 Å². The number of H-pyrrole nitrogens is 1. The number of anilines is 1. The third kappa shape index (κ3) is 5.34. The first kappa shape index (κ1) is 21.7. The summed E-state index contributed by atoms with van der Waals surface area (Å²) in [5.41, 5.74) is -1.86. The van der Waals surface area contributed by atoms with Crippen molar-refractivity contribution in [1.82, 2.24) is 14.8 Å². The summed E-state index contributed by atoms with van der Waals surface area (Å²) in [5, 5.41) is 7.87. The lowest BCUT2D eigenvalue weighted by Crippen LogP contribution is -2.27. The maximum Gasteiger partial charge on any atom is 0.418 e. The molecule has 0 radical (unpaired) electrons. The zero-order valence-electron chi connectivity index (χ0n) is 15.3. The van der Waals surface area contributed by atoms with Crippen LogP contribution in [0.4, 0.5) is 18.9 Å². The summed E-state index contributed by atoms with van der Waals surface area (Å²) in [7, 11) is 0. The molecule has 0 saturated carbocycles. The topological polar surface area (TPSA) is 89.0 Å². The molecule has 2 N–H and O–H groups in total. The number of hydrogen-bond donors (Lipinski definition) is 2. The van der Waals surface area contributed by atoms with Crippen LogP contribution < -0.4 is 11.0 Å². The summed E-state index contributed by atoms with van der Waals surface area (Å²) in [6, 6.07) is 3.11. The third-order valence-electron chi connectivity index (χ3n) is 4.33. The minimum absolute atomic E-state index is 0.0904. The van der Waals surface area contributed by atoms with Gasteiger partial charge in [-0.1, -0.05) is 23.4 Å². The number of rotatable bonds is 6. The number of hydrogen-bond acceptors (Lipinski definition) is 5. The minimum atomic E-state index is -4.67. The fourth-order valence-corrected chi connectivity index (χ4v) is 3.89. The molecular weight excluding hydrogens is 433 g/mol. The fraction of sp³-hybridized carbons (Fsp3) is 0.471. The van der Waals surface area contributed by atoms with Crippen molar-refractivity contribution in [2.24, 2.45) is 0 Å². The van der Waals surface area contributed by atoms with Crippen molar-refractivity contribution in [3.63, 3.8) is 0 Å². The number of aromatic amines is 1. The lowest BCUT2D eigenvalue weighted by atomic mass is 10.1. The maximum atomic E-state index is 13.2. The second kappa shape index (κ2) is 8.80. The van der Waals surface area contributed by atoms with E-state index in [-0.39, 0.29) is 16.3 Å². The summed E-state index contributed by atoms with van der Waals surface area (Å²) in [6.45, 7) is 2.43. The van der Waals surface area contributed by atoms with Crippen molar-refractivity contribution in [1.29, 1.82) is 0 Å². The molecule has 2 atom stereocenters. The van der Waals surface area contributed by atoms with Crippen molar-refractivity contribution >= 4 is 35.0 Å². The molecular formula is C17H18ClF3N4O3S. The average molecular weight is 451 g/mol. The molecule has 2 aromatic rings. The van der Waals surface area contributed by atoms with E-state index in [0.717, 1.165) is 36.7 Å². The Morgan fingerprint density at radius 3 is 2.93 bits per heavy atom. The van der Waals surface area contributed by atoms with Crippen molar-refractivity contribution < 1.29 is 22.7 Å². The Morgan fingerprint density at radius 1 is 1.52 bits per heavy atom. The summed E-state index contributed by atoms with van der Waals surface area (Å²) in [5.74, 6) is -0.665. The fourth-order valence-electron chi connectivity index (χ4n) is 2.85. The van der Waals surface area contributed by atoms with Gasteiger partial charge in [-0.3, -0.25) is 9.36 Å². The van der Waals surface area contributed by atoms with Gasteiger partial charge in [0.15, 0.2) is 5.16 Å². The molecule has 29 heavy (non-hydrogen) atoms. The molecule has 0 bridgehead atoms. The molecule has 1 saturated heterocycles. The van der Waals surface area contributed by atoms with Crippen LogP contribution in [-0.2, 0) is 22.3 Å². The first-order chi connectivity index (χ1) is 13.6. The number of amides is 1. The van der Waals surface area contributed by atoms with Crippen LogP contribution in [0, 0.1) is 0 Å². The minimum Gasteiger partial charge on any atom is -0.376 e. The van der Waals surface area contributed by atoms with Crippen LogP contribution in [-0.4, -0.2) is 38.6 Å². The van der Waals surface area contributed by atoms with Crippen molar-refractivity contribution in [2.75, 3.05) is 11.9 Å². The predicted molar refractivity (Wildman–Crippen MR) is 102 cm³/mol. The first-order valence-corrected chi connectivity index (χ1v) is 10.0. The molecule has 7 nitrogen and oxygen atoms in total. The van der Waals surface area contributed by atoms with Crippen LogP contribution in [0.15, 0.2) is 28.2 Å². The predicted octanol–water partition coefficient (Wildman–Crippen LogP) is 3.54. The molecule has 12 heteroatoms. The highest BCUT2D eigenvalue weighted by Gasteiger charge is 2.34. The molecule has 3 rings (SSSR count). The zero-order valence-corrected chi connectivity index (χ0v) is 16.8. The van der Waals surface area contributed by atoms with Crippen molar-refractivity contribution in [2.45, 2.75) is 49.0 Å². The quantitative estimate of drug-likeness (QED) is 0.657. The van der Waals surface area contributed by atoms with Crippen molar-refractivity contribution in [3.05, 3.63) is 39.3 Å². The largest absolute Gasteiger partial charge is 0.418 e. The van der Waals surface area contributed by atoms with E-state index in [4.69, 9.17) is 16.3 Å². The monoisotopic (exact) mass is 450 g/mol. The smallest absolute Gasteiger partial charge is 0.376 e. The molecule has 1 fully saturated rings. The Bertz CT molecular complexity index is 941. The summed E-state index contributed by atoms with van der Waals surface area (Å²) in [4.78, 5) is 24.5. The van der Waals surface area contributed by atoms with Gasteiger partial charge >= 0.3 is 11.9 Å². The SMILES string of the molecule is CC(Sc1n[nH]c(=O)n1CC1CCCO1)C(=O)Nc1ccc(Cl)cc1C(F)(F)F. The molecule has 1 aromatic carbocycles. The molecule has 0 spiro atoms. The van der Waals surface area contributed by atoms with Crippen LogP contribution in [0.2, 0.25) is 5.02 Å². The van der Waals surface area contributed by atoms with Crippen LogP contribution in [0.1, 0.15) is 25.3 Å². The highest BCUT2D eigenvalue weighted by atomic mass is 35.5. The van der Waals surface area contributed by atoms with Crippen LogP contribution in [0.3, 0.4) is 0 Å². The van der Waals surface area contributed by atoms with Gasteiger partial charge in [-0.25, -0.2) is 9.89 Å². The highest BCUT2D eigenvalue weighted by Crippen LogP contribution is 2.37. The van der Waals surface area contributed by atoms with E-state index in [1.165, 1.54) is 17.6 Å². The van der Waals surface area contributed by atoms with E-state index >= 15 is 0 Å². The molecule has 2 heterocycles. The summed E-state index contributed by atoms with van der Waals surface area (Å²) < 4.78 is 46.5. The van der Waals surface area contributed by atoms with Gasteiger partial charge in [-0.15, -0.1) is 5.10 Å². The number of ether oxygens (including phenoxy) is 1. The lowest BCUT2D eigenvalue weighted by molar-refractivity contribution is -0.137. The first-order valence-electron chi connectivity index (χ1n) is 8.76. The molecule has 1 aromatic heterocycles. The number of nitrogens with zero attached hydrogens (tertiary/aromatic N) is 2. The number of thioether (sulfide) groups is 1. The Balaban J connectivity index is 1.72. The summed E-state index contributed by atoms with van der Waals surface area (Å²) >= 11 is 6.61. The van der Waals surface area contributed by atoms with Gasteiger partial charge < -0.3 is 10.1 Å². The number of benzene rings is 1. The number of nitrogens with one attached hydrogen (secondary N) is 2. The Hall–Kier alpha value is -1.98. The van der Waals surface area contributed by atoms with Crippen molar-refractivity contribution in [3.8, 4) is 0 Å².